The van der Waals surface area contributed by atoms with Crippen molar-refractivity contribution in [2.45, 2.75) is 37.8 Å². The highest BCUT2D eigenvalue weighted by Crippen LogP contribution is 2.05. The lowest BCUT2D eigenvalue weighted by Crippen LogP contribution is -2.54. The molecular weight excluding hydrogens is 459 g/mol. The monoisotopic (exact) mass is 490 g/mol. The Labute approximate surface area is 203 Å². The fourth-order valence-electron chi connectivity index (χ4n) is 3.24. The largest absolute Gasteiger partial charge is 0.377 e. The van der Waals surface area contributed by atoms with Crippen LogP contribution in [-0.4, -0.2) is 75.2 Å². The Balaban J connectivity index is 1.92. The Morgan fingerprint density at radius 3 is 2.51 bits per heavy atom. The number of ether oxygens (including phenoxy) is 2. The average Bonchev–Trinajstić information content (AvgIpc) is 2.84. The first kappa shape index (κ1) is 27.8. The molecule has 4 N–H and O–H groups in total. The zero-order valence-electron chi connectivity index (χ0n) is 19.4. The zero-order valence-corrected chi connectivity index (χ0v) is 19.4. The average molecular weight is 491 g/mol. The molecule has 1 fully saturated rings. The minimum absolute atomic E-state index is 0.0162. The van der Waals surface area contributed by atoms with E-state index >= 15 is 0 Å². The van der Waals surface area contributed by atoms with E-state index in [4.69, 9.17) is 15.9 Å². The van der Waals surface area contributed by atoms with Crippen LogP contribution in [0.2, 0.25) is 0 Å². The summed E-state index contributed by atoms with van der Waals surface area (Å²) in [6.07, 6.45) is 6.60. The van der Waals surface area contributed by atoms with Crippen LogP contribution in [0.25, 0.3) is 0 Å². The van der Waals surface area contributed by atoms with E-state index in [1.165, 1.54) is 24.3 Å². The lowest BCUT2D eigenvalue weighted by molar-refractivity contribution is -0.133. The van der Waals surface area contributed by atoms with Crippen LogP contribution in [0.5, 0.6) is 0 Å². The van der Waals surface area contributed by atoms with Crippen molar-refractivity contribution in [3.05, 3.63) is 35.6 Å². The van der Waals surface area contributed by atoms with E-state index < -0.39 is 35.6 Å². The number of rotatable bonds is 7. The SMILES string of the molecule is C#CC[C@H]1NC(=O)[C@H](CCCCNC(=O)c2ccc(F)cc2)NC(=O)COCCOCCNC1=O. The van der Waals surface area contributed by atoms with Crippen molar-refractivity contribution in [1.29, 1.82) is 0 Å². The van der Waals surface area contributed by atoms with Gasteiger partial charge in [0, 0.05) is 25.1 Å². The number of halogens is 1. The molecule has 1 aromatic rings. The van der Waals surface area contributed by atoms with Gasteiger partial charge in [0.25, 0.3) is 5.91 Å². The second-order valence-electron chi connectivity index (χ2n) is 7.80. The summed E-state index contributed by atoms with van der Waals surface area (Å²) in [5, 5.41) is 10.6. The van der Waals surface area contributed by atoms with Crippen LogP contribution in [0, 0.1) is 18.2 Å². The molecule has 11 heteroatoms. The summed E-state index contributed by atoms with van der Waals surface area (Å²) in [7, 11) is 0. The van der Waals surface area contributed by atoms with E-state index in [-0.39, 0.29) is 51.7 Å². The summed E-state index contributed by atoms with van der Waals surface area (Å²) in [6.45, 7) is 1.00. The van der Waals surface area contributed by atoms with E-state index in [0.29, 0.717) is 24.9 Å². The van der Waals surface area contributed by atoms with Crippen molar-refractivity contribution >= 4 is 23.6 Å². The number of benzene rings is 1. The van der Waals surface area contributed by atoms with Gasteiger partial charge in [0.1, 0.15) is 24.5 Å². The van der Waals surface area contributed by atoms with Gasteiger partial charge in [0.2, 0.25) is 17.7 Å². The summed E-state index contributed by atoms with van der Waals surface area (Å²) >= 11 is 0. The predicted octanol–water partition coefficient (Wildman–Crippen LogP) is -0.118. The highest BCUT2D eigenvalue weighted by atomic mass is 19.1. The topological polar surface area (TPSA) is 135 Å². The van der Waals surface area contributed by atoms with Crippen LogP contribution in [0.1, 0.15) is 36.0 Å². The van der Waals surface area contributed by atoms with Gasteiger partial charge < -0.3 is 30.7 Å². The number of carbonyl (C=O) groups is 4. The molecule has 0 aromatic heterocycles. The van der Waals surface area contributed by atoms with E-state index in [2.05, 4.69) is 27.2 Å². The number of carbonyl (C=O) groups excluding carboxylic acids is 4. The predicted molar refractivity (Wildman–Crippen MR) is 125 cm³/mol. The first-order chi connectivity index (χ1) is 16.9. The Morgan fingerprint density at radius 2 is 1.77 bits per heavy atom. The van der Waals surface area contributed by atoms with Crippen molar-refractivity contribution in [3.8, 4) is 12.3 Å². The first-order valence-corrected chi connectivity index (χ1v) is 11.4. The second kappa shape index (κ2) is 15.4. The van der Waals surface area contributed by atoms with Gasteiger partial charge in [0.15, 0.2) is 0 Å². The molecular formula is C24H31FN4O6. The quantitative estimate of drug-likeness (QED) is 0.311. The fourth-order valence-corrected chi connectivity index (χ4v) is 3.24. The van der Waals surface area contributed by atoms with Gasteiger partial charge in [-0.05, 0) is 43.5 Å². The van der Waals surface area contributed by atoms with Gasteiger partial charge in [-0.1, -0.05) is 0 Å². The molecule has 1 aliphatic rings. The summed E-state index contributed by atoms with van der Waals surface area (Å²) in [5.41, 5.74) is 0.336. The van der Waals surface area contributed by atoms with Gasteiger partial charge in [-0.15, -0.1) is 12.3 Å². The molecule has 190 valence electrons. The molecule has 0 unspecified atom stereocenters. The first-order valence-electron chi connectivity index (χ1n) is 11.4. The number of hydrogen-bond acceptors (Lipinski definition) is 6. The molecule has 0 saturated carbocycles. The van der Waals surface area contributed by atoms with Crippen molar-refractivity contribution in [1.82, 2.24) is 21.3 Å². The standard InChI is InChI=1S/C24H31FN4O6/c1-2-5-19-23(32)27-12-13-34-14-15-35-16-21(30)28-20(24(33)29-19)6-3-4-11-26-22(31)17-7-9-18(25)10-8-17/h1,7-10,19-20H,3-6,11-16H2,(H,26,31)(H,27,32)(H,28,30)(H,29,33)/t19-,20+/m1/s1. The summed E-state index contributed by atoms with van der Waals surface area (Å²) in [5.74, 6) is 0.126. The maximum absolute atomic E-state index is 13.0. The zero-order chi connectivity index (χ0) is 25.5. The third-order valence-electron chi connectivity index (χ3n) is 5.07. The number of nitrogens with one attached hydrogen (secondary N) is 4. The molecule has 4 amide bonds. The lowest BCUT2D eigenvalue weighted by Gasteiger charge is -2.22. The molecule has 1 aliphatic heterocycles. The number of hydrogen-bond donors (Lipinski definition) is 4. The molecule has 0 bridgehead atoms. The molecule has 1 saturated heterocycles. The third-order valence-corrected chi connectivity index (χ3v) is 5.07. The van der Waals surface area contributed by atoms with Gasteiger partial charge in [-0.3, -0.25) is 19.2 Å². The van der Waals surface area contributed by atoms with Gasteiger partial charge in [-0.25, -0.2) is 4.39 Å². The number of amides is 4. The van der Waals surface area contributed by atoms with Gasteiger partial charge in [0.05, 0.1) is 19.8 Å². The second-order valence-corrected chi connectivity index (χ2v) is 7.80. The summed E-state index contributed by atoms with van der Waals surface area (Å²) in [4.78, 5) is 49.6. The van der Waals surface area contributed by atoms with E-state index in [1.807, 2.05) is 0 Å². The van der Waals surface area contributed by atoms with Crippen LogP contribution in [-0.2, 0) is 23.9 Å². The summed E-state index contributed by atoms with van der Waals surface area (Å²) < 4.78 is 23.6. The maximum atomic E-state index is 13.0. The molecule has 2 rings (SSSR count). The highest BCUT2D eigenvalue weighted by Gasteiger charge is 2.26. The maximum Gasteiger partial charge on any atom is 0.251 e. The molecule has 1 heterocycles. The molecule has 35 heavy (non-hydrogen) atoms. The third kappa shape index (κ3) is 10.5. The Bertz CT molecular complexity index is 902. The Kier molecular flexibility index (Phi) is 12.2. The van der Waals surface area contributed by atoms with Crippen molar-refractivity contribution in [2.24, 2.45) is 0 Å². The fraction of sp³-hybridized carbons (Fsp3) is 0.500. The smallest absolute Gasteiger partial charge is 0.251 e. The normalized spacial score (nSPS) is 20.3. The van der Waals surface area contributed by atoms with E-state index in [9.17, 15) is 23.6 Å². The summed E-state index contributed by atoms with van der Waals surface area (Å²) in [6, 6.07) is 3.31. The highest BCUT2D eigenvalue weighted by molar-refractivity contribution is 5.94. The van der Waals surface area contributed by atoms with Crippen LogP contribution < -0.4 is 21.3 Å². The molecule has 0 spiro atoms. The van der Waals surface area contributed by atoms with Crippen molar-refractivity contribution in [2.75, 3.05) is 39.5 Å². The van der Waals surface area contributed by atoms with Crippen LogP contribution in [0.3, 0.4) is 0 Å². The van der Waals surface area contributed by atoms with Gasteiger partial charge in [-0.2, -0.15) is 0 Å². The molecule has 1 aromatic carbocycles. The van der Waals surface area contributed by atoms with E-state index in [0.717, 1.165) is 0 Å². The Hall–Kier alpha value is -3.49. The van der Waals surface area contributed by atoms with Crippen molar-refractivity contribution in [3.63, 3.8) is 0 Å². The minimum Gasteiger partial charge on any atom is -0.377 e. The van der Waals surface area contributed by atoms with Crippen LogP contribution in [0.15, 0.2) is 24.3 Å². The van der Waals surface area contributed by atoms with Crippen LogP contribution >= 0.6 is 0 Å². The molecule has 0 radical (unpaired) electrons. The van der Waals surface area contributed by atoms with Crippen LogP contribution in [0.4, 0.5) is 4.39 Å². The number of unbranched alkanes of at least 4 members (excludes halogenated alkanes) is 1. The minimum atomic E-state index is -0.955. The van der Waals surface area contributed by atoms with E-state index in [1.54, 1.807) is 0 Å². The Morgan fingerprint density at radius 1 is 1.03 bits per heavy atom. The molecule has 2 atom stereocenters. The molecule has 0 aliphatic carbocycles. The number of terminal acetylenes is 1. The van der Waals surface area contributed by atoms with Gasteiger partial charge >= 0.3 is 0 Å². The van der Waals surface area contributed by atoms with Crippen molar-refractivity contribution < 1.29 is 33.0 Å². The molecule has 10 nitrogen and oxygen atoms in total. The lowest BCUT2D eigenvalue weighted by atomic mass is 10.1.